The van der Waals surface area contributed by atoms with Gasteiger partial charge in [0, 0.05) is 18.0 Å². The molecule has 1 amide bonds. The van der Waals surface area contributed by atoms with Crippen LogP contribution in [0.4, 0.5) is 5.69 Å². The van der Waals surface area contributed by atoms with Gasteiger partial charge >= 0.3 is 5.97 Å². The highest BCUT2D eigenvalue weighted by Gasteiger charge is 2.07. The smallest absolute Gasteiger partial charge is 0.328 e. The van der Waals surface area contributed by atoms with Gasteiger partial charge in [0.05, 0.1) is 10.7 Å². The average Bonchev–Trinajstić information content (AvgIpc) is 2.86. The minimum absolute atomic E-state index is 0.0670. The second-order valence-electron chi connectivity index (χ2n) is 4.26. The van der Waals surface area contributed by atoms with Crippen LogP contribution in [0.1, 0.15) is 5.69 Å². The van der Waals surface area contributed by atoms with Gasteiger partial charge in [-0.3, -0.25) is 4.79 Å². The minimum Gasteiger partial charge on any atom is -0.478 e. The number of rotatable bonds is 5. The molecule has 6 heteroatoms. The zero-order valence-electron chi connectivity index (χ0n) is 11.0. The van der Waals surface area contributed by atoms with Crippen LogP contribution in [-0.2, 0) is 16.1 Å². The SMILES string of the molecule is O=C(O)/C=C/c1cccn1CC(=O)Nc1ccccc1Cl. The van der Waals surface area contributed by atoms with Crippen LogP contribution in [0.5, 0.6) is 0 Å². The number of para-hydroxylation sites is 1. The third kappa shape index (κ3) is 4.22. The first-order valence-corrected chi connectivity index (χ1v) is 6.54. The number of amides is 1. The van der Waals surface area contributed by atoms with Crippen molar-refractivity contribution < 1.29 is 14.7 Å². The third-order valence-corrected chi connectivity index (χ3v) is 3.05. The predicted octanol–water partition coefficient (Wildman–Crippen LogP) is 2.88. The molecule has 108 valence electrons. The molecule has 1 heterocycles. The van der Waals surface area contributed by atoms with E-state index >= 15 is 0 Å². The van der Waals surface area contributed by atoms with Crippen molar-refractivity contribution in [2.75, 3.05) is 5.32 Å². The van der Waals surface area contributed by atoms with Gasteiger partial charge in [-0.25, -0.2) is 4.79 Å². The number of hydrogen-bond acceptors (Lipinski definition) is 2. The van der Waals surface area contributed by atoms with Crippen LogP contribution in [0.25, 0.3) is 6.08 Å². The summed E-state index contributed by atoms with van der Waals surface area (Å²) in [7, 11) is 0. The van der Waals surface area contributed by atoms with E-state index in [-0.39, 0.29) is 12.5 Å². The first-order valence-electron chi connectivity index (χ1n) is 6.17. The first kappa shape index (κ1) is 14.9. The van der Waals surface area contributed by atoms with Gasteiger partial charge in [0.1, 0.15) is 6.54 Å². The number of carboxylic acid groups (broad SMARTS) is 1. The third-order valence-electron chi connectivity index (χ3n) is 2.72. The lowest BCUT2D eigenvalue weighted by atomic mass is 10.3. The molecule has 2 aromatic rings. The maximum absolute atomic E-state index is 12.0. The summed E-state index contributed by atoms with van der Waals surface area (Å²) >= 11 is 5.97. The van der Waals surface area contributed by atoms with E-state index in [2.05, 4.69) is 5.32 Å². The molecule has 0 saturated carbocycles. The van der Waals surface area contributed by atoms with Gasteiger partial charge in [-0.05, 0) is 30.3 Å². The van der Waals surface area contributed by atoms with Gasteiger partial charge < -0.3 is 15.0 Å². The van der Waals surface area contributed by atoms with Gasteiger partial charge in [-0.2, -0.15) is 0 Å². The second-order valence-corrected chi connectivity index (χ2v) is 4.67. The number of anilines is 1. The summed E-state index contributed by atoms with van der Waals surface area (Å²) in [6.07, 6.45) is 4.16. The molecular formula is C15H13ClN2O3. The van der Waals surface area contributed by atoms with Crippen molar-refractivity contribution in [3.63, 3.8) is 0 Å². The van der Waals surface area contributed by atoms with E-state index in [0.29, 0.717) is 16.4 Å². The molecule has 5 nitrogen and oxygen atoms in total. The predicted molar refractivity (Wildman–Crippen MR) is 81.2 cm³/mol. The van der Waals surface area contributed by atoms with Crippen molar-refractivity contribution >= 4 is 35.2 Å². The van der Waals surface area contributed by atoms with Crippen molar-refractivity contribution in [1.82, 2.24) is 4.57 Å². The number of aromatic nitrogens is 1. The highest BCUT2D eigenvalue weighted by Crippen LogP contribution is 2.20. The normalized spacial score (nSPS) is 10.7. The van der Waals surface area contributed by atoms with Crippen molar-refractivity contribution in [2.24, 2.45) is 0 Å². The summed E-state index contributed by atoms with van der Waals surface area (Å²) in [6, 6.07) is 10.4. The molecule has 2 rings (SSSR count). The van der Waals surface area contributed by atoms with Crippen LogP contribution in [0.2, 0.25) is 5.02 Å². The molecular weight excluding hydrogens is 292 g/mol. The van der Waals surface area contributed by atoms with E-state index < -0.39 is 5.97 Å². The Balaban J connectivity index is 2.05. The molecule has 2 N–H and O–H groups in total. The van der Waals surface area contributed by atoms with Crippen LogP contribution in [-0.4, -0.2) is 21.6 Å². The van der Waals surface area contributed by atoms with E-state index in [1.54, 1.807) is 47.2 Å². The Bertz CT molecular complexity index is 692. The highest BCUT2D eigenvalue weighted by atomic mass is 35.5. The number of halogens is 1. The fourth-order valence-corrected chi connectivity index (χ4v) is 1.97. The van der Waals surface area contributed by atoms with Crippen LogP contribution in [0.15, 0.2) is 48.7 Å². The van der Waals surface area contributed by atoms with Gasteiger partial charge in [0.25, 0.3) is 0 Å². The quantitative estimate of drug-likeness (QED) is 0.834. The van der Waals surface area contributed by atoms with Crippen LogP contribution in [0.3, 0.4) is 0 Å². The number of hydrogen-bond donors (Lipinski definition) is 2. The van der Waals surface area contributed by atoms with Gasteiger partial charge in [0.2, 0.25) is 5.91 Å². The maximum Gasteiger partial charge on any atom is 0.328 e. The van der Waals surface area contributed by atoms with Gasteiger partial charge in [-0.15, -0.1) is 0 Å². The summed E-state index contributed by atoms with van der Waals surface area (Å²) in [5, 5.41) is 11.8. The first-order chi connectivity index (χ1) is 10.1. The molecule has 0 saturated heterocycles. The number of benzene rings is 1. The number of carbonyl (C=O) groups is 2. The van der Waals surface area contributed by atoms with Crippen molar-refractivity contribution in [1.29, 1.82) is 0 Å². The van der Waals surface area contributed by atoms with Gasteiger partial charge in [-0.1, -0.05) is 23.7 Å². The molecule has 1 aromatic heterocycles. The van der Waals surface area contributed by atoms with Crippen LogP contribution in [0, 0.1) is 0 Å². The molecule has 0 aliphatic carbocycles. The van der Waals surface area contributed by atoms with E-state index in [0.717, 1.165) is 6.08 Å². The van der Waals surface area contributed by atoms with Crippen LogP contribution >= 0.6 is 11.6 Å². The molecule has 0 bridgehead atoms. The Morgan fingerprint density at radius 2 is 2.00 bits per heavy atom. The molecule has 0 atom stereocenters. The molecule has 0 aliphatic rings. The monoisotopic (exact) mass is 304 g/mol. The van der Waals surface area contributed by atoms with Crippen molar-refractivity contribution in [3.8, 4) is 0 Å². The van der Waals surface area contributed by atoms with E-state index in [4.69, 9.17) is 16.7 Å². The Labute approximate surface area is 126 Å². The molecule has 0 spiro atoms. The average molecular weight is 305 g/mol. The largest absolute Gasteiger partial charge is 0.478 e. The summed E-state index contributed by atoms with van der Waals surface area (Å²) in [6.45, 7) is 0.0670. The number of nitrogens with zero attached hydrogens (tertiary/aromatic N) is 1. The standard InChI is InChI=1S/C15H13ClN2O3/c16-12-5-1-2-6-13(12)17-14(19)10-18-9-3-4-11(18)7-8-15(20)21/h1-9H,10H2,(H,17,19)(H,20,21)/b8-7+. The lowest BCUT2D eigenvalue weighted by Crippen LogP contribution is -2.19. The topological polar surface area (TPSA) is 71.3 Å². The summed E-state index contributed by atoms with van der Waals surface area (Å²) in [4.78, 5) is 22.5. The Kier molecular flexibility index (Phi) is 4.79. The van der Waals surface area contributed by atoms with E-state index in [9.17, 15) is 9.59 Å². The van der Waals surface area contributed by atoms with Crippen LogP contribution < -0.4 is 5.32 Å². The van der Waals surface area contributed by atoms with Crippen molar-refractivity contribution in [3.05, 3.63) is 59.4 Å². The second kappa shape index (κ2) is 6.76. The van der Waals surface area contributed by atoms with E-state index in [1.807, 2.05) is 0 Å². The fourth-order valence-electron chi connectivity index (χ4n) is 1.79. The summed E-state index contributed by atoms with van der Waals surface area (Å²) in [5.74, 6) is -1.28. The molecule has 0 unspecified atom stereocenters. The highest BCUT2D eigenvalue weighted by molar-refractivity contribution is 6.33. The Morgan fingerprint density at radius 3 is 2.71 bits per heavy atom. The van der Waals surface area contributed by atoms with E-state index in [1.165, 1.54) is 6.08 Å². The molecule has 21 heavy (non-hydrogen) atoms. The molecule has 0 radical (unpaired) electrons. The maximum atomic E-state index is 12.0. The molecule has 0 fully saturated rings. The van der Waals surface area contributed by atoms with Crippen molar-refractivity contribution in [2.45, 2.75) is 6.54 Å². The zero-order valence-corrected chi connectivity index (χ0v) is 11.7. The lowest BCUT2D eigenvalue weighted by Gasteiger charge is -2.09. The number of carbonyl (C=O) groups excluding carboxylic acids is 1. The fraction of sp³-hybridized carbons (Fsp3) is 0.0667. The van der Waals surface area contributed by atoms with Gasteiger partial charge in [0.15, 0.2) is 0 Å². The number of carboxylic acids is 1. The minimum atomic E-state index is -1.04. The molecule has 0 aliphatic heterocycles. The molecule has 1 aromatic carbocycles. The number of aliphatic carboxylic acids is 1. The lowest BCUT2D eigenvalue weighted by molar-refractivity contribution is -0.131. The number of nitrogens with one attached hydrogen (secondary N) is 1. The summed E-state index contributed by atoms with van der Waals surface area (Å²) < 4.78 is 1.64. The summed E-state index contributed by atoms with van der Waals surface area (Å²) in [5.41, 5.74) is 1.17. The Morgan fingerprint density at radius 1 is 1.24 bits per heavy atom. The zero-order chi connectivity index (χ0) is 15.2. The Hall–Kier alpha value is -2.53.